The zero-order valence-corrected chi connectivity index (χ0v) is 13.6. The van der Waals surface area contributed by atoms with Gasteiger partial charge < -0.3 is 13.9 Å². The average molecular weight is 341 g/mol. The molecule has 0 saturated carbocycles. The Bertz CT molecular complexity index is 913. The van der Waals surface area contributed by atoms with Gasteiger partial charge in [0.15, 0.2) is 11.5 Å². The van der Waals surface area contributed by atoms with Gasteiger partial charge in [-0.2, -0.15) is 5.10 Å². The standard InChI is InChI=1S/C16H15N5O4/c1-9-7-10(20-21(9)2)15-18-19-16(25-15)17-14(22)13-8-23-11-5-3-4-6-12(11)24-13/h3-7,13H,8H2,1-2H3,(H,17,19,22)/t13-/m0/s1. The Labute approximate surface area is 142 Å². The molecule has 1 aromatic carbocycles. The third-order valence-corrected chi connectivity index (χ3v) is 3.79. The molecule has 1 aliphatic rings. The number of aryl methyl sites for hydroxylation is 2. The topological polar surface area (TPSA) is 104 Å². The maximum atomic E-state index is 12.3. The van der Waals surface area contributed by atoms with Crippen LogP contribution in [0.2, 0.25) is 0 Å². The molecule has 9 nitrogen and oxygen atoms in total. The van der Waals surface area contributed by atoms with Crippen molar-refractivity contribution in [1.82, 2.24) is 20.0 Å². The lowest BCUT2D eigenvalue weighted by molar-refractivity contribution is -0.125. The van der Waals surface area contributed by atoms with Crippen LogP contribution in [0.25, 0.3) is 11.6 Å². The summed E-state index contributed by atoms with van der Waals surface area (Å²) in [5.41, 5.74) is 1.49. The monoisotopic (exact) mass is 341 g/mol. The van der Waals surface area contributed by atoms with E-state index in [0.29, 0.717) is 17.2 Å². The largest absolute Gasteiger partial charge is 0.485 e. The van der Waals surface area contributed by atoms with Crippen LogP contribution in [0.4, 0.5) is 6.01 Å². The number of carbonyl (C=O) groups is 1. The maximum absolute atomic E-state index is 12.3. The molecule has 25 heavy (non-hydrogen) atoms. The number of carbonyl (C=O) groups excluding carboxylic acids is 1. The second-order valence-electron chi connectivity index (χ2n) is 5.56. The highest BCUT2D eigenvalue weighted by molar-refractivity contribution is 5.93. The van der Waals surface area contributed by atoms with E-state index in [4.69, 9.17) is 13.9 Å². The van der Waals surface area contributed by atoms with E-state index >= 15 is 0 Å². The normalized spacial score (nSPS) is 15.8. The lowest BCUT2D eigenvalue weighted by atomic mass is 10.2. The highest BCUT2D eigenvalue weighted by Crippen LogP contribution is 2.31. The van der Waals surface area contributed by atoms with Gasteiger partial charge in [0.25, 0.3) is 11.8 Å². The van der Waals surface area contributed by atoms with E-state index in [1.165, 1.54) is 0 Å². The highest BCUT2D eigenvalue weighted by atomic mass is 16.6. The maximum Gasteiger partial charge on any atom is 0.322 e. The first kappa shape index (κ1) is 15.2. The Morgan fingerprint density at radius 3 is 2.84 bits per heavy atom. The number of amides is 1. The van der Waals surface area contributed by atoms with Gasteiger partial charge in [-0.1, -0.05) is 17.2 Å². The van der Waals surface area contributed by atoms with E-state index < -0.39 is 12.0 Å². The van der Waals surface area contributed by atoms with Crippen molar-refractivity contribution in [2.24, 2.45) is 7.05 Å². The van der Waals surface area contributed by atoms with Gasteiger partial charge in [-0.25, -0.2) is 0 Å². The van der Waals surface area contributed by atoms with Crippen LogP contribution in [0.15, 0.2) is 34.7 Å². The number of hydrogen-bond donors (Lipinski definition) is 1. The Balaban J connectivity index is 1.45. The van der Waals surface area contributed by atoms with Crippen molar-refractivity contribution in [2.75, 3.05) is 11.9 Å². The molecular weight excluding hydrogens is 326 g/mol. The molecule has 0 bridgehead atoms. The van der Waals surface area contributed by atoms with Crippen molar-refractivity contribution < 1.29 is 18.7 Å². The minimum absolute atomic E-state index is 0.0224. The number of benzene rings is 1. The Hall–Kier alpha value is -3.36. The molecular formula is C16H15N5O4. The van der Waals surface area contributed by atoms with Crippen molar-refractivity contribution in [3.8, 4) is 23.1 Å². The van der Waals surface area contributed by atoms with E-state index in [9.17, 15) is 4.79 Å². The van der Waals surface area contributed by atoms with Gasteiger partial charge >= 0.3 is 6.01 Å². The van der Waals surface area contributed by atoms with Crippen LogP contribution in [-0.4, -0.2) is 38.6 Å². The number of rotatable bonds is 3. The van der Waals surface area contributed by atoms with Gasteiger partial charge in [0.05, 0.1) is 0 Å². The quantitative estimate of drug-likeness (QED) is 0.771. The molecule has 128 valence electrons. The smallest absolute Gasteiger partial charge is 0.322 e. The molecule has 1 aliphatic heterocycles. The van der Waals surface area contributed by atoms with Crippen LogP contribution in [0.5, 0.6) is 11.5 Å². The molecule has 2 aromatic heterocycles. The third-order valence-electron chi connectivity index (χ3n) is 3.79. The number of anilines is 1. The van der Waals surface area contributed by atoms with Gasteiger partial charge in [0.2, 0.25) is 6.10 Å². The first-order chi connectivity index (χ1) is 12.1. The molecule has 1 N–H and O–H groups in total. The number of ether oxygens (including phenoxy) is 2. The molecule has 0 fully saturated rings. The molecule has 0 aliphatic carbocycles. The van der Waals surface area contributed by atoms with E-state index in [-0.39, 0.29) is 18.5 Å². The van der Waals surface area contributed by atoms with Crippen LogP contribution in [-0.2, 0) is 11.8 Å². The summed E-state index contributed by atoms with van der Waals surface area (Å²) in [6.07, 6.45) is -0.803. The number of aromatic nitrogens is 4. The summed E-state index contributed by atoms with van der Waals surface area (Å²) in [5, 5.41) is 14.5. The fraction of sp³-hybridized carbons (Fsp3) is 0.250. The minimum Gasteiger partial charge on any atom is -0.485 e. The summed E-state index contributed by atoms with van der Waals surface area (Å²) in [7, 11) is 1.82. The van der Waals surface area contributed by atoms with Crippen molar-refractivity contribution in [2.45, 2.75) is 13.0 Å². The van der Waals surface area contributed by atoms with Crippen LogP contribution >= 0.6 is 0 Å². The van der Waals surface area contributed by atoms with Crippen LogP contribution in [0.3, 0.4) is 0 Å². The van der Waals surface area contributed by atoms with Gasteiger partial charge in [0, 0.05) is 12.7 Å². The molecule has 4 rings (SSSR count). The number of nitrogens with one attached hydrogen (secondary N) is 1. The van der Waals surface area contributed by atoms with Gasteiger partial charge in [0.1, 0.15) is 12.3 Å². The minimum atomic E-state index is -0.803. The molecule has 1 atom stereocenters. The molecule has 0 unspecified atom stereocenters. The predicted molar refractivity (Wildman–Crippen MR) is 86.2 cm³/mol. The van der Waals surface area contributed by atoms with Crippen molar-refractivity contribution >= 4 is 11.9 Å². The van der Waals surface area contributed by atoms with Crippen molar-refractivity contribution in [3.63, 3.8) is 0 Å². The summed E-state index contributed by atoms with van der Waals surface area (Å²) in [4.78, 5) is 12.3. The van der Waals surface area contributed by atoms with Crippen LogP contribution in [0, 0.1) is 6.92 Å². The molecule has 3 aromatic rings. The molecule has 0 radical (unpaired) electrons. The lowest BCUT2D eigenvalue weighted by Crippen LogP contribution is -2.40. The lowest BCUT2D eigenvalue weighted by Gasteiger charge is -2.24. The summed E-state index contributed by atoms with van der Waals surface area (Å²) in [6.45, 7) is 2.01. The average Bonchev–Trinajstić information content (AvgIpc) is 3.21. The fourth-order valence-corrected chi connectivity index (χ4v) is 2.38. The van der Waals surface area contributed by atoms with E-state index in [1.807, 2.05) is 32.2 Å². The number of fused-ring (bicyclic) bond motifs is 1. The van der Waals surface area contributed by atoms with Gasteiger partial charge in [-0.3, -0.25) is 14.8 Å². The Morgan fingerprint density at radius 1 is 1.28 bits per heavy atom. The number of para-hydroxylation sites is 2. The third kappa shape index (κ3) is 2.91. The van der Waals surface area contributed by atoms with Crippen molar-refractivity contribution in [1.29, 1.82) is 0 Å². The Morgan fingerprint density at radius 2 is 2.08 bits per heavy atom. The number of nitrogens with zero attached hydrogens (tertiary/aromatic N) is 4. The number of hydrogen-bond acceptors (Lipinski definition) is 7. The SMILES string of the molecule is Cc1cc(-c2nnc(NC(=O)[C@@H]3COc4ccccc4O3)o2)nn1C. The predicted octanol–water partition coefficient (Wildman–Crippen LogP) is 1.56. The summed E-state index contributed by atoms with van der Waals surface area (Å²) >= 11 is 0. The van der Waals surface area contributed by atoms with Crippen molar-refractivity contribution in [3.05, 3.63) is 36.0 Å². The second-order valence-corrected chi connectivity index (χ2v) is 5.56. The first-order valence-electron chi connectivity index (χ1n) is 7.64. The van der Waals surface area contributed by atoms with Crippen LogP contribution in [0.1, 0.15) is 5.69 Å². The highest BCUT2D eigenvalue weighted by Gasteiger charge is 2.28. The van der Waals surface area contributed by atoms with Crippen LogP contribution < -0.4 is 14.8 Å². The molecule has 0 spiro atoms. The van der Waals surface area contributed by atoms with Gasteiger partial charge in [-0.15, -0.1) is 5.10 Å². The zero-order chi connectivity index (χ0) is 17.4. The molecule has 0 saturated heterocycles. The molecule has 9 heteroatoms. The van der Waals surface area contributed by atoms with E-state index in [0.717, 1.165) is 5.69 Å². The first-order valence-corrected chi connectivity index (χ1v) is 7.64. The summed E-state index contributed by atoms with van der Waals surface area (Å²) in [6, 6.07) is 8.95. The summed E-state index contributed by atoms with van der Waals surface area (Å²) in [5.74, 6) is 0.924. The van der Waals surface area contributed by atoms with E-state index in [2.05, 4.69) is 20.6 Å². The molecule has 3 heterocycles. The Kier molecular flexibility index (Phi) is 3.60. The molecule has 1 amide bonds. The summed E-state index contributed by atoms with van der Waals surface area (Å²) < 4.78 is 18.3. The fourth-order valence-electron chi connectivity index (χ4n) is 2.38. The second kappa shape index (κ2) is 5.93. The van der Waals surface area contributed by atoms with E-state index in [1.54, 1.807) is 16.8 Å². The van der Waals surface area contributed by atoms with Gasteiger partial charge in [-0.05, 0) is 25.1 Å². The zero-order valence-electron chi connectivity index (χ0n) is 13.6.